The van der Waals surface area contributed by atoms with Gasteiger partial charge in [0.05, 0.1) is 6.20 Å². The summed E-state index contributed by atoms with van der Waals surface area (Å²) in [5.41, 5.74) is 0. The maximum Gasteiger partial charge on any atom is 0.227 e. The molecule has 1 N–H and O–H groups in total. The predicted molar refractivity (Wildman–Crippen MR) is 62.2 cm³/mol. The highest BCUT2D eigenvalue weighted by Crippen LogP contribution is 2.22. The lowest BCUT2D eigenvalue weighted by Gasteiger charge is -2.33. The zero-order valence-electron chi connectivity index (χ0n) is 9.70. The van der Waals surface area contributed by atoms with E-state index < -0.39 is 5.82 Å². The molecule has 1 aliphatic heterocycles. The molecule has 0 bridgehead atoms. The summed E-state index contributed by atoms with van der Waals surface area (Å²) in [4.78, 5) is 10.4. The summed E-state index contributed by atoms with van der Waals surface area (Å²) in [5, 5.41) is 2.74. The molecule has 0 saturated carbocycles. The highest BCUT2D eigenvalue weighted by Gasteiger charge is 2.21. The third-order valence-electron chi connectivity index (χ3n) is 3.03. The van der Waals surface area contributed by atoms with E-state index in [9.17, 15) is 4.39 Å². The van der Waals surface area contributed by atoms with Gasteiger partial charge in [-0.1, -0.05) is 0 Å². The van der Waals surface area contributed by atoms with Crippen LogP contribution in [-0.2, 0) is 0 Å². The van der Waals surface area contributed by atoms with Crippen molar-refractivity contribution in [2.24, 2.45) is 0 Å². The van der Waals surface area contributed by atoms with E-state index in [1.165, 1.54) is 12.6 Å². The number of hydrogen-bond donors (Lipinski definition) is 1. The van der Waals surface area contributed by atoms with E-state index in [4.69, 9.17) is 0 Å². The van der Waals surface area contributed by atoms with E-state index in [1.54, 1.807) is 7.05 Å². The highest BCUT2D eigenvalue weighted by atomic mass is 19.1. The number of nitrogens with one attached hydrogen (secondary N) is 1. The van der Waals surface area contributed by atoms with Gasteiger partial charge in [0.25, 0.3) is 0 Å². The Balaban J connectivity index is 2.25. The van der Waals surface area contributed by atoms with E-state index in [-0.39, 0.29) is 5.82 Å². The van der Waals surface area contributed by atoms with Crippen LogP contribution >= 0.6 is 0 Å². The molecular weight excluding hydrogens is 207 g/mol. The van der Waals surface area contributed by atoms with Crippen LogP contribution in [0.1, 0.15) is 26.2 Å². The van der Waals surface area contributed by atoms with Crippen LogP contribution in [0.2, 0.25) is 0 Å². The molecule has 0 aliphatic carbocycles. The van der Waals surface area contributed by atoms with Crippen molar-refractivity contribution in [1.82, 2.24) is 9.97 Å². The summed E-state index contributed by atoms with van der Waals surface area (Å²) in [5.74, 6) is 0.483. The zero-order chi connectivity index (χ0) is 11.5. The second-order valence-corrected chi connectivity index (χ2v) is 4.15. The first-order valence-corrected chi connectivity index (χ1v) is 5.69. The third-order valence-corrected chi connectivity index (χ3v) is 3.03. The first-order valence-electron chi connectivity index (χ1n) is 5.69. The molecule has 1 fully saturated rings. The van der Waals surface area contributed by atoms with Gasteiger partial charge in [-0.2, -0.15) is 4.98 Å². The van der Waals surface area contributed by atoms with Crippen molar-refractivity contribution in [2.75, 3.05) is 23.8 Å². The van der Waals surface area contributed by atoms with Gasteiger partial charge in [-0.3, -0.25) is 0 Å². The van der Waals surface area contributed by atoms with Crippen molar-refractivity contribution in [3.8, 4) is 0 Å². The molecule has 0 aromatic carbocycles. The van der Waals surface area contributed by atoms with Crippen molar-refractivity contribution >= 4 is 11.8 Å². The molecule has 16 heavy (non-hydrogen) atoms. The molecule has 1 saturated heterocycles. The van der Waals surface area contributed by atoms with Crippen molar-refractivity contribution in [1.29, 1.82) is 0 Å². The standard InChI is InChI=1S/C11H17FN4/c1-8-5-3-4-6-16(8)11-14-7-9(12)10(13-2)15-11/h7-8H,3-6H2,1-2H3,(H,13,14,15). The molecule has 88 valence electrons. The zero-order valence-corrected chi connectivity index (χ0v) is 9.70. The van der Waals surface area contributed by atoms with Crippen LogP contribution in [0.25, 0.3) is 0 Å². The van der Waals surface area contributed by atoms with Gasteiger partial charge >= 0.3 is 0 Å². The highest BCUT2D eigenvalue weighted by molar-refractivity contribution is 5.42. The Labute approximate surface area is 94.9 Å². The molecule has 1 unspecified atom stereocenters. The number of hydrogen-bond acceptors (Lipinski definition) is 4. The molecular formula is C11H17FN4. The molecule has 0 spiro atoms. The number of aromatic nitrogens is 2. The fourth-order valence-electron chi connectivity index (χ4n) is 2.07. The second kappa shape index (κ2) is 4.63. The average Bonchev–Trinajstić information content (AvgIpc) is 2.31. The Bertz CT molecular complexity index is 369. The fourth-order valence-corrected chi connectivity index (χ4v) is 2.07. The summed E-state index contributed by atoms with van der Waals surface area (Å²) in [6.45, 7) is 3.11. The number of halogens is 1. The Hall–Kier alpha value is -1.39. The summed E-state index contributed by atoms with van der Waals surface area (Å²) in [7, 11) is 1.66. The van der Waals surface area contributed by atoms with E-state index in [0.717, 1.165) is 19.4 Å². The van der Waals surface area contributed by atoms with Crippen LogP contribution in [0.3, 0.4) is 0 Å². The molecule has 2 heterocycles. The molecule has 4 nitrogen and oxygen atoms in total. The lowest BCUT2D eigenvalue weighted by atomic mass is 10.0. The number of piperidine rings is 1. The van der Waals surface area contributed by atoms with Crippen molar-refractivity contribution in [2.45, 2.75) is 32.2 Å². The van der Waals surface area contributed by atoms with Crippen LogP contribution in [0.4, 0.5) is 16.2 Å². The van der Waals surface area contributed by atoms with Gasteiger partial charge in [0.2, 0.25) is 5.95 Å². The van der Waals surface area contributed by atoms with Gasteiger partial charge in [0.15, 0.2) is 11.6 Å². The van der Waals surface area contributed by atoms with Crippen LogP contribution < -0.4 is 10.2 Å². The van der Waals surface area contributed by atoms with E-state index in [1.807, 2.05) is 0 Å². The first kappa shape index (κ1) is 11.1. The van der Waals surface area contributed by atoms with Gasteiger partial charge in [0.1, 0.15) is 0 Å². The minimum atomic E-state index is -0.407. The SMILES string of the molecule is CNc1nc(N2CCCCC2C)ncc1F. The Morgan fingerprint density at radius 1 is 1.50 bits per heavy atom. The van der Waals surface area contributed by atoms with E-state index >= 15 is 0 Å². The van der Waals surface area contributed by atoms with Gasteiger partial charge in [-0.15, -0.1) is 0 Å². The Morgan fingerprint density at radius 3 is 3.00 bits per heavy atom. The molecule has 0 amide bonds. The van der Waals surface area contributed by atoms with Gasteiger partial charge in [0, 0.05) is 19.6 Å². The quantitative estimate of drug-likeness (QED) is 0.834. The molecule has 5 heteroatoms. The maximum absolute atomic E-state index is 13.2. The van der Waals surface area contributed by atoms with Crippen LogP contribution in [0.5, 0.6) is 0 Å². The summed E-state index contributed by atoms with van der Waals surface area (Å²) < 4.78 is 13.2. The van der Waals surface area contributed by atoms with E-state index in [0.29, 0.717) is 12.0 Å². The van der Waals surface area contributed by atoms with Crippen molar-refractivity contribution in [3.63, 3.8) is 0 Å². The lowest BCUT2D eigenvalue weighted by Crippen LogP contribution is -2.38. The molecule has 1 aromatic heterocycles. The first-order chi connectivity index (χ1) is 7.72. The summed E-state index contributed by atoms with van der Waals surface area (Å²) >= 11 is 0. The summed E-state index contributed by atoms with van der Waals surface area (Å²) in [6, 6.07) is 0.434. The number of anilines is 2. The monoisotopic (exact) mass is 224 g/mol. The second-order valence-electron chi connectivity index (χ2n) is 4.15. The minimum Gasteiger partial charge on any atom is -0.371 e. The smallest absolute Gasteiger partial charge is 0.227 e. The van der Waals surface area contributed by atoms with Gasteiger partial charge in [-0.05, 0) is 26.2 Å². The lowest BCUT2D eigenvalue weighted by molar-refractivity contribution is 0.476. The maximum atomic E-state index is 13.2. The Kier molecular flexibility index (Phi) is 3.22. The molecule has 1 aliphatic rings. The molecule has 2 rings (SSSR count). The van der Waals surface area contributed by atoms with Crippen molar-refractivity contribution < 1.29 is 4.39 Å². The minimum absolute atomic E-state index is 0.266. The largest absolute Gasteiger partial charge is 0.371 e. The van der Waals surface area contributed by atoms with Gasteiger partial charge in [-0.25, -0.2) is 9.37 Å². The third kappa shape index (κ3) is 2.08. The Morgan fingerprint density at radius 2 is 2.31 bits per heavy atom. The van der Waals surface area contributed by atoms with Crippen molar-refractivity contribution in [3.05, 3.63) is 12.0 Å². The number of rotatable bonds is 2. The van der Waals surface area contributed by atoms with Gasteiger partial charge < -0.3 is 10.2 Å². The topological polar surface area (TPSA) is 41.1 Å². The molecule has 0 radical (unpaired) electrons. The van der Waals surface area contributed by atoms with Crippen LogP contribution in [0, 0.1) is 5.82 Å². The normalized spacial score (nSPS) is 20.9. The van der Waals surface area contributed by atoms with E-state index in [2.05, 4.69) is 27.1 Å². The number of nitrogens with zero attached hydrogens (tertiary/aromatic N) is 3. The predicted octanol–water partition coefficient (Wildman–Crippen LogP) is 2.04. The summed E-state index contributed by atoms with van der Waals surface area (Å²) in [6.07, 6.45) is 4.78. The molecule has 1 aromatic rings. The average molecular weight is 224 g/mol. The molecule has 1 atom stereocenters. The van der Waals surface area contributed by atoms with Crippen LogP contribution in [-0.4, -0.2) is 29.6 Å². The fraction of sp³-hybridized carbons (Fsp3) is 0.636. The van der Waals surface area contributed by atoms with Crippen LogP contribution in [0.15, 0.2) is 6.20 Å².